The van der Waals surface area contributed by atoms with Crippen molar-refractivity contribution in [3.8, 4) is 0 Å². The molecule has 11 N–H and O–H groups in total. The van der Waals surface area contributed by atoms with Gasteiger partial charge in [-0.1, -0.05) is 0 Å². The van der Waals surface area contributed by atoms with Gasteiger partial charge in [-0.05, 0) is 0 Å². The predicted octanol–water partition coefficient (Wildman–Crippen LogP) is -2.60. The number of fused-ring (bicyclic) bond motifs is 2. The van der Waals surface area contributed by atoms with E-state index < -0.39 is 82.7 Å². The van der Waals surface area contributed by atoms with Crippen molar-refractivity contribution in [2.75, 3.05) is 24.7 Å². The SMILES string of the molecule is Nc1nc2c(ncn2[C@@H]2S[C@H](CO)C(O)[C@@H]2OP(=O)(O)OC[C@H]2O[C@@H](n3cnc4c(N)ncnc43)[C@@H](O)C2O)c(=O)[nH]1.O=PO. The molecule has 25 heteroatoms. The van der Waals surface area contributed by atoms with Crippen molar-refractivity contribution in [1.29, 1.82) is 0 Å². The predicted molar refractivity (Wildman–Crippen MR) is 152 cm³/mol. The number of aromatic amines is 1. The van der Waals surface area contributed by atoms with Crippen molar-refractivity contribution in [3.63, 3.8) is 0 Å². The van der Waals surface area contributed by atoms with E-state index in [9.17, 15) is 34.7 Å². The third-order valence-electron chi connectivity index (χ3n) is 6.87. The first-order chi connectivity index (χ1) is 21.4. The van der Waals surface area contributed by atoms with Gasteiger partial charge in [-0.15, -0.1) is 11.8 Å². The van der Waals surface area contributed by atoms with Gasteiger partial charge in [0.2, 0.25) is 5.95 Å². The van der Waals surface area contributed by atoms with Crippen molar-refractivity contribution >= 4 is 62.4 Å². The van der Waals surface area contributed by atoms with Crippen LogP contribution in [0.4, 0.5) is 11.8 Å². The van der Waals surface area contributed by atoms with E-state index in [1.165, 1.54) is 28.1 Å². The minimum atomic E-state index is -4.99. The third-order valence-corrected chi connectivity index (χ3v) is 9.41. The summed E-state index contributed by atoms with van der Waals surface area (Å²) in [5.41, 5.74) is 11.2. The Labute approximate surface area is 255 Å². The van der Waals surface area contributed by atoms with Crippen LogP contribution < -0.4 is 17.0 Å². The minimum absolute atomic E-state index is 0.0170. The molecule has 6 rings (SSSR count). The van der Waals surface area contributed by atoms with E-state index in [2.05, 4.69) is 29.9 Å². The average molecular weight is 693 g/mol. The highest BCUT2D eigenvalue weighted by Gasteiger charge is 2.50. The molecule has 2 aliphatic heterocycles. The van der Waals surface area contributed by atoms with Gasteiger partial charge in [0.15, 0.2) is 28.9 Å². The van der Waals surface area contributed by atoms with Gasteiger partial charge in [-0.3, -0.25) is 28.0 Å². The number of imidazole rings is 2. The Morgan fingerprint density at radius 1 is 1.07 bits per heavy atom. The highest BCUT2D eigenvalue weighted by molar-refractivity contribution is 8.00. The summed E-state index contributed by atoms with van der Waals surface area (Å²) in [7, 11) is -5.82. The van der Waals surface area contributed by atoms with Crippen molar-refractivity contribution < 1.29 is 53.1 Å². The van der Waals surface area contributed by atoms with Gasteiger partial charge in [0.05, 0.1) is 37.2 Å². The first-order valence-electron chi connectivity index (χ1n) is 12.6. The minimum Gasteiger partial charge on any atom is -0.395 e. The molecule has 2 aliphatic rings. The largest absolute Gasteiger partial charge is 0.472 e. The molecule has 244 valence electrons. The zero-order valence-corrected chi connectivity index (χ0v) is 25.1. The quantitative estimate of drug-likeness (QED) is 0.0854. The van der Waals surface area contributed by atoms with Gasteiger partial charge in [0.25, 0.3) is 5.56 Å². The van der Waals surface area contributed by atoms with Crippen LogP contribution in [0, 0.1) is 0 Å². The number of phosphoric acid groups is 1. The van der Waals surface area contributed by atoms with E-state index in [1.54, 1.807) is 0 Å². The average Bonchev–Trinajstić information content (AvgIpc) is 3.74. The highest BCUT2D eigenvalue weighted by Crippen LogP contribution is 2.53. The Bertz CT molecular complexity index is 1790. The number of H-pyrrole nitrogens is 1. The van der Waals surface area contributed by atoms with Crippen LogP contribution >= 0.6 is 28.3 Å². The van der Waals surface area contributed by atoms with Crippen LogP contribution in [-0.2, 0) is 22.9 Å². The zero-order valence-electron chi connectivity index (χ0n) is 22.5. The van der Waals surface area contributed by atoms with Gasteiger partial charge >= 0.3 is 16.5 Å². The summed E-state index contributed by atoms with van der Waals surface area (Å²) < 4.78 is 40.3. The molecule has 0 aliphatic carbocycles. The second-order valence-corrected chi connectivity index (χ2v) is 12.5. The molecule has 0 spiro atoms. The fourth-order valence-electron chi connectivity index (χ4n) is 4.84. The lowest BCUT2D eigenvalue weighted by atomic mass is 10.1. The van der Waals surface area contributed by atoms with Crippen LogP contribution in [0.25, 0.3) is 22.3 Å². The van der Waals surface area contributed by atoms with Gasteiger partial charge in [0, 0.05) is 0 Å². The summed E-state index contributed by atoms with van der Waals surface area (Å²) in [5.74, 6) is -0.117. The molecule has 22 nitrogen and oxygen atoms in total. The lowest BCUT2D eigenvalue weighted by Crippen LogP contribution is -2.36. The summed E-state index contributed by atoms with van der Waals surface area (Å²) in [5, 5.41) is 39.9. The van der Waals surface area contributed by atoms with E-state index in [4.69, 9.17) is 34.7 Å². The number of hydrogen-bond acceptors (Lipinski definition) is 18. The molecule has 0 radical (unpaired) electrons. The normalized spacial score (nSPS) is 29.6. The molecule has 0 bridgehead atoms. The third kappa shape index (κ3) is 6.43. The summed E-state index contributed by atoms with van der Waals surface area (Å²) in [6.45, 7) is -1.22. The summed E-state index contributed by atoms with van der Waals surface area (Å²) in [6.07, 6.45) is -4.80. The van der Waals surface area contributed by atoms with E-state index >= 15 is 0 Å². The molecule has 2 fully saturated rings. The molecule has 9 atom stereocenters. The van der Waals surface area contributed by atoms with Gasteiger partial charge in [-0.25, -0.2) is 29.1 Å². The van der Waals surface area contributed by atoms with E-state index in [0.29, 0.717) is 0 Å². The molecular weight excluding hydrogens is 666 g/mol. The smallest absolute Gasteiger partial charge is 0.395 e. The molecule has 2 saturated heterocycles. The number of aliphatic hydroxyl groups excluding tert-OH is 4. The Morgan fingerprint density at radius 2 is 1.76 bits per heavy atom. The van der Waals surface area contributed by atoms with Crippen LogP contribution in [0.1, 0.15) is 11.6 Å². The molecule has 3 unspecified atom stereocenters. The number of hydrogen-bond donors (Lipinski definition) is 9. The molecular formula is C20H26N10O12P2S. The molecule has 4 aromatic rings. The second-order valence-electron chi connectivity index (χ2n) is 9.56. The fourth-order valence-corrected chi connectivity index (χ4v) is 7.28. The van der Waals surface area contributed by atoms with Crippen LogP contribution in [0.5, 0.6) is 0 Å². The molecule has 4 aromatic heterocycles. The monoisotopic (exact) mass is 692 g/mol. The first kappa shape index (κ1) is 33.2. The van der Waals surface area contributed by atoms with Crippen molar-refractivity contribution in [1.82, 2.24) is 39.0 Å². The topological polar surface area (TPSA) is 342 Å². The van der Waals surface area contributed by atoms with Crippen molar-refractivity contribution in [2.24, 2.45) is 0 Å². The maximum Gasteiger partial charge on any atom is 0.472 e. The number of nitrogen functional groups attached to an aromatic ring is 2. The zero-order chi connectivity index (χ0) is 32.6. The Balaban J connectivity index is 0.00000128. The van der Waals surface area contributed by atoms with Crippen molar-refractivity contribution in [3.05, 3.63) is 29.3 Å². The maximum atomic E-state index is 13.0. The Hall–Kier alpha value is -3.18. The number of nitrogens with two attached hydrogens (primary N) is 2. The maximum absolute atomic E-state index is 13.0. The highest BCUT2D eigenvalue weighted by atomic mass is 32.2. The Kier molecular flexibility index (Phi) is 9.79. The van der Waals surface area contributed by atoms with Gasteiger partial charge in [-0.2, -0.15) is 4.98 Å². The Morgan fingerprint density at radius 3 is 2.47 bits per heavy atom. The number of anilines is 2. The van der Waals surface area contributed by atoms with E-state index in [1.807, 2.05) is 0 Å². The number of ether oxygens (including phenoxy) is 1. The first-order valence-corrected chi connectivity index (χ1v) is 15.8. The van der Waals surface area contributed by atoms with Gasteiger partial charge in [0.1, 0.15) is 41.6 Å². The molecule has 6 heterocycles. The number of aliphatic hydroxyl groups is 4. The number of rotatable bonds is 8. The molecule has 0 aromatic carbocycles. The molecule has 0 amide bonds. The standard InChI is InChI=1S/C20H25N10O10PS.HO2P/c21-14-8-15(24-3-23-14)29(4-25-8)18-12(34)10(32)6(39-18)2-38-41(36,37)40-13-11(33)7(1-31)42-19(13)30-5-26-9-16(30)27-20(22)28-17(9)35;1-3-2/h3-7,10-13,18-19,31-34H,1-2H2,(H,36,37)(H2,21,23,24)(H3,22,27,28,35);(H,1,2)/t6-,7-,10?,11?,12+,13+,18-,19-;/m1./s1. The lowest BCUT2D eigenvalue weighted by molar-refractivity contribution is -0.0559. The number of nitrogens with zero attached hydrogens (tertiary/aromatic N) is 7. The lowest BCUT2D eigenvalue weighted by Gasteiger charge is -2.25. The van der Waals surface area contributed by atoms with Crippen molar-refractivity contribution in [2.45, 2.75) is 47.4 Å². The van der Waals surface area contributed by atoms with Crippen LogP contribution in [0.3, 0.4) is 0 Å². The summed E-state index contributed by atoms with van der Waals surface area (Å²) in [6, 6.07) is 0. The molecule has 45 heavy (non-hydrogen) atoms. The number of nitrogens with one attached hydrogen (secondary N) is 1. The van der Waals surface area contributed by atoms with Crippen LogP contribution in [-0.4, -0.2) is 118 Å². The van der Waals surface area contributed by atoms with Crippen LogP contribution in [0.15, 0.2) is 23.8 Å². The number of thioether (sulfide) groups is 1. The summed E-state index contributed by atoms with van der Waals surface area (Å²) in [4.78, 5) is 52.1. The van der Waals surface area contributed by atoms with E-state index in [-0.39, 0.29) is 34.1 Å². The van der Waals surface area contributed by atoms with E-state index in [0.717, 1.165) is 11.8 Å². The second kappa shape index (κ2) is 13.3. The summed E-state index contributed by atoms with van der Waals surface area (Å²) >= 11 is 0.988. The fraction of sp³-hybridized carbons (Fsp3) is 0.500. The number of aromatic nitrogens is 8. The number of phosphoric ester groups is 1. The molecule has 0 saturated carbocycles. The van der Waals surface area contributed by atoms with Crippen LogP contribution in [0.2, 0.25) is 0 Å². The van der Waals surface area contributed by atoms with Gasteiger partial charge < -0.3 is 46.4 Å².